The SMILES string of the molecule is COCc1cc(C)nc2sc(C(=O)N(Cc3ccc(C)o3)c3ccccc3)c(N)c12. The molecule has 0 aliphatic rings. The quantitative estimate of drug-likeness (QED) is 0.469. The number of aryl methyl sites for hydroxylation is 2. The summed E-state index contributed by atoms with van der Waals surface area (Å²) in [4.78, 5) is 21.1. The van der Waals surface area contributed by atoms with E-state index < -0.39 is 0 Å². The van der Waals surface area contributed by atoms with Crippen LogP contribution < -0.4 is 10.6 Å². The standard InChI is InChI=1S/C23H23N3O3S/c1-14-11-16(13-28-3)19-20(24)21(30-22(19)25-14)23(27)26(17-7-5-4-6-8-17)12-18-10-9-15(2)29-18/h4-11H,12-13,24H2,1-3H3. The van der Waals surface area contributed by atoms with E-state index in [1.165, 1.54) is 11.3 Å². The van der Waals surface area contributed by atoms with Crippen LogP contribution in [0.15, 0.2) is 52.9 Å². The van der Waals surface area contributed by atoms with Crippen LogP contribution in [0.3, 0.4) is 0 Å². The molecule has 0 saturated heterocycles. The molecule has 6 nitrogen and oxygen atoms in total. The first-order chi connectivity index (χ1) is 14.5. The van der Waals surface area contributed by atoms with Crippen molar-refractivity contribution >= 4 is 38.8 Å². The van der Waals surface area contributed by atoms with Gasteiger partial charge in [0.1, 0.15) is 21.2 Å². The summed E-state index contributed by atoms with van der Waals surface area (Å²) in [7, 11) is 1.64. The van der Waals surface area contributed by atoms with Gasteiger partial charge in [-0.05, 0) is 49.7 Å². The van der Waals surface area contributed by atoms with Gasteiger partial charge >= 0.3 is 0 Å². The summed E-state index contributed by atoms with van der Waals surface area (Å²) in [5, 5.41) is 0.789. The Bertz CT molecular complexity index is 1200. The van der Waals surface area contributed by atoms with Gasteiger partial charge in [0.15, 0.2) is 0 Å². The van der Waals surface area contributed by atoms with Gasteiger partial charge in [0, 0.05) is 23.9 Å². The lowest BCUT2D eigenvalue weighted by atomic mass is 10.1. The normalized spacial score (nSPS) is 11.2. The second-order valence-corrected chi connectivity index (χ2v) is 8.12. The Morgan fingerprint density at radius 1 is 1.20 bits per heavy atom. The van der Waals surface area contributed by atoms with E-state index in [0.717, 1.165) is 32.9 Å². The maximum Gasteiger partial charge on any atom is 0.270 e. The predicted octanol–water partition coefficient (Wildman–Crippen LogP) is 5.08. The molecule has 3 heterocycles. The van der Waals surface area contributed by atoms with Gasteiger partial charge in [-0.2, -0.15) is 0 Å². The molecular formula is C23H23N3O3S. The van der Waals surface area contributed by atoms with E-state index in [-0.39, 0.29) is 5.91 Å². The van der Waals surface area contributed by atoms with Gasteiger partial charge in [0.25, 0.3) is 5.91 Å². The minimum Gasteiger partial charge on any atom is -0.464 e. The van der Waals surface area contributed by atoms with Gasteiger partial charge in [-0.3, -0.25) is 4.79 Å². The number of carbonyl (C=O) groups excluding carboxylic acids is 1. The van der Waals surface area contributed by atoms with Gasteiger partial charge in [-0.15, -0.1) is 11.3 Å². The molecule has 4 aromatic rings. The average molecular weight is 422 g/mol. The average Bonchev–Trinajstić information content (AvgIpc) is 3.29. The number of nitrogens with zero attached hydrogens (tertiary/aromatic N) is 2. The highest BCUT2D eigenvalue weighted by Gasteiger charge is 2.26. The van der Waals surface area contributed by atoms with E-state index in [9.17, 15) is 4.79 Å². The Morgan fingerprint density at radius 3 is 2.63 bits per heavy atom. The maximum atomic E-state index is 13.7. The van der Waals surface area contributed by atoms with Crippen molar-refractivity contribution in [3.05, 3.63) is 76.2 Å². The number of nitrogens with two attached hydrogens (primary N) is 1. The number of thiophene rings is 1. The molecule has 3 aromatic heterocycles. The van der Waals surface area contributed by atoms with E-state index in [4.69, 9.17) is 14.9 Å². The molecule has 0 saturated carbocycles. The Labute approximate surface area is 178 Å². The van der Waals surface area contributed by atoms with E-state index in [2.05, 4.69) is 4.98 Å². The molecule has 0 unspecified atom stereocenters. The Morgan fingerprint density at radius 2 is 1.97 bits per heavy atom. The van der Waals surface area contributed by atoms with E-state index in [1.54, 1.807) is 12.0 Å². The van der Waals surface area contributed by atoms with Crippen LogP contribution in [-0.4, -0.2) is 18.0 Å². The third kappa shape index (κ3) is 3.81. The molecule has 0 radical (unpaired) electrons. The highest BCUT2D eigenvalue weighted by atomic mass is 32.1. The molecular weight excluding hydrogens is 398 g/mol. The molecule has 2 N–H and O–H groups in total. The van der Waals surface area contributed by atoms with Crippen LogP contribution in [-0.2, 0) is 17.9 Å². The number of furan rings is 1. The second kappa shape index (κ2) is 8.30. The van der Waals surface area contributed by atoms with Crippen LogP contribution in [0.4, 0.5) is 11.4 Å². The van der Waals surface area contributed by atoms with Crippen molar-refractivity contribution in [1.29, 1.82) is 0 Å². The summed E-state index contributed by atoms with van der Waals surface area (Å²) in [6.45, 7) is 4.52. The number of hydrogen-bond donors (Lipinski definition) is 1. The zero-order valence-corrected chi connectivity index (χ0v) is 18.0. The molecule has 154 valence electrons. The lowest BCUT2D eigenvalue weighted by Gasteiger charge is -2.21. The molecule has 30 heavy (non-hydrogen) atoms. The molecule has 0 fully saturated rings. The fourth-order valence-electron chi connectivity index (χ4n) is 3.50. The molecule has 1 aromatic carbocycles. The number of fused-ring (bicyclic) bond motifs is 1. The highest BCUT2D eigenvalue weighted by Crippen LogP contribution is 2.37. The monoisotopic (exact) mass is 421 g/mol. The van der Waals surface area contributed by atoms with Gasteiger partial charge in [0.05, 0.1) is 18.8 Å². The van der Waals surface area contributed by atoms with Crippen molar-refractivity contribution < 1.29 is 13.9 Å². The fraction of sp³-hybridized carbons (Fsp3) is 0.217. The zero-order valence-electron chi connectivity index (χ0n) is 17.1. The van der Waals surface area contributed by atoms with Crippen LogP contribution in [0.1, 0.15) is 32.4 Å². The lowest BCUT2D eigenvalue weighted by molar-refractivity contribution is 0.0988. The van der Waals surface area contributed by atoms with Crippen molar-refractivity contribution in [2.24, 2.45) is 0 Å². The minimum atomic E-state index is -0.184. The van der Waals surface area contributed by atoms with Crippen molar-refractivity contribution in [1.82, 2.24) is 4.98 Å². The number of carbonyl (C=O) groups is 1. The van der Waals surface area contributed by atoms with Gasteiger partial charge in [0.2, 0.25) is 0 Å². The van der Waals surface area contributed by atoms with Crippen molar-refractivity contribution in [3.63, 3.8) is 0 Å². The Hall–Kier alpha value is -3.16. The third-order valence-electron chi connectivity index (χ3n) is 4.83. The van der Waals surface area contributed by atoms with Gasteiger partial charge in [-0.1, -0.05) is 18.2 Å². The van der Waals surface area contributed by atoms with E-state index in [0.29, 0.717) is 29.5 Å². The number of methoxy groups -OCH3 is 1. The third-order valence-corrected chi connectivity index (χ3v) is 5.91. The highest BCUT2D eigenvalue weighted by molar-refractivity contribution is 7.21. The first-order valence-corrected chi connectivity index (χ1v) is 10.4. The Kier molecular flexibility index (Phi) is 5.57. The summed E-state index contributed by atoms with van der Waals surface area (Å²) < 4.78 is 11.1. The molecule has 0 spiro atoms. The van der Waals surface area contributed by atoms with E-state index in [1.807, 2.05) is 62.4 Å². The molecule has 0 bridgehead atoms. The molecule has 1 amide bonds. The number of para-hydroxylation sites is 1. The van der Waals surface area contributed by atoms with Crippen molar-refractivity contribution in [2.75, 3.05) is 17.7 Å². The fourth-order valence-corrected chi connectivity index (χ4v) is 4.64. The molecule has 0 aliphatic carbocycles. The van der Waals surface area contributed by atoms with Crippen molar-refractivity contribution in [2.45, 2.75) is 27.0 Å². The lowest BCUT2D eigenvalue weighted by Crippen LogP contribution is -2.30. The predicted molar refractivity (Wildman–Crippen MR) is 120 cm³/mol. The number of aromatic nitrogens is 1. The van der Waals surface area contributed by atoms with Crippen LogP contribution in [0.5, 0.6) is 0 Å². The second-order valence-electron chi connectivity index (χ2n) is 7.12. The van der Waals surface area contributed by atoms with Crippen LogP contribution in [0.25, 0.3) is 10.2 Å². The minimum absolute atomic E-state index is 0.184. The number of nitrogen functional groups attached to an aromatic ring is 1. The van der Waals surface area contributed by atoms with Crippen LogP contribution in [0, 0.1) is 13.8 Å². The topological polar surface area (TPSA) is 81.6 Å². The first-order valence-electron chi connectivity index (χ1n) is 9.57. The summed E-state index contributed by atoms with van der Waals surface area (Å²) in [6, 6.07) is 15.2. The number of hydrogen-bond acceptors (Lipinski definition) is 6. The summed E-state index contributed by atoms with van der Waals surface area (Å²) in [5.74, 6) is 1.32. The maximum absolute atomic E-state index is 13.7. The van der Waals surface area contributed by atoms with Crippen LogP contribution in [0.2, 0.25) is 0 Å². The van der Waals surface area contributed by atoms with Gasteiger partial charge in [-0.25, -0.2) is 4.98 Å². The summed E-state index contributed by atoms with van der Waals surface area (Å²) in [6.07, 6.45) is 0. The molecule has 4 rings (SSSR count). The zero-order chi connectivity index (χ0) is 21.3. The number of anilines is 2. The summed E-state index contributed by atoms with van der Waals surface area (Å²) >= 11 is 1.31. The summed E-state index contributed by atoms with van der Waals surface area (Å²) in [5.41, 5.74) is 9.49. The van der Waals surface area contributed by atoms with Crippen LogP contribution >= 0.6 is 11.3 Å². The number of amides is 1. The number of pyridine rings is 1. The molecule has 0 aliphatic heterocycles. The molecule has 0 atom stereocenters. The molecule has 7 heteroatoms. The Balaban J connectivity index is 1.80. The number of ether oxygens (including phenoxy) is 1. The van der Waals surface area contributed by atoms with Crippen molar-refractivity contribution in [3.8, 4) is 0 Å². The number of rotatable bonds is 6. The first kappa shape index (κ1) is 20.1. The largest absolute Gasteiger partial charge is 0.464 e. The van der Waals surface area contributed by atoms with E-state index >= 15 is 0 Å². The smallest absolute Gasteiger partial charge is 0.270 e. The van der Waals surface area contributed by atoms with Gasteiger partial charge < -0.3 is 19.8 Å². The number of benzene rings is 1.